The van der Waals surface area contributed by atoms with Crippen molar-refractivity contribution in [3.63, 3.8) is 0 Å². The number of benzene rings is 1. The molecule has 3 rings (SSSR count). The summed E-state index contributed by atoms with van der Waals surface area (Å²) in [6.45, 7) is 7.45. The predicted molar refractivity (Wildman–Crippen MR) is 115 cm³/mol. The quantitative estimate of drug-likeness (QED) is 0.706. The van der Waals surface area contributed by atoms with E-state index < -0.39 is 0 Å². The van der Waals surface area contributed by atoms with Gasteiger partial charge in [-0.1, -0.05) is 50.7 Å². The van der Waals surface area contributed by atoms with E-state index in [1.807, 2.05) is 29.2 Å². The minimum atomic E-state index is -0.235. The maximum Gasteiger partial charge on any atom is 0.264 e. The molecule has 0 aliphatic carbocycles. The summed E-state index contributed by atoms with van der Waals surface area (Å²) in [7, 11) is 0. The van der Waals surface area contributed by atoms with Crippen LogP contribution in [-0.4, -0.2) is 34.8 Å². The van der Waals surface area contributed by atoms with Gasteiger partial charge in [-0.3, -0.25) is 14.9 Å². The van der Waals surface area contributed by atoms with E-state index in [1.165, 1.54) is 16.9 Å². The number of nitrogens with zero attached hydrogens (tertiary/aromatic N) is 2. The second-order valence-electron chi connectivity index (χ2n) is 7.78. The number of anilines is 1. The van der Waals surface area contributed by atoms with Crippen LogP contribution >= 0.6 is 11.3 Å². The Labute approximate surface area is 176 Å². The van der Waals surface area contributed by atoms with Crippen molar-refractivity contribution in [2.45, 2.75) is 53.0 Å². The standard InChI is InChI=1S/C22H29N3O3S/c1-4-5-16-6-8-17(9-7-16)28-14-20(26)24-22-23-18-10-11-25(13-19(18)29-22)21(27)12-15(2)3/h6-9,15H,4-5,10-14H2,1-3H3,(H,23,24,26). The summed E-state index contributed by atoms with van der Waals surface area (Å²) < 4.78 is 5.57. The van der Waals surface area contributed by atoms with Crippen molar-refractivity contribution >= 4 is 28.3 Å². The fourth-order valence-corrected chi connectivity index (χ4v) is 4.33. The molecule has 2 aromatic rings. The van der Waals surface area contributed by atoms with Crippen molar-refractivity contribution in [2.24, 2.45) is 5.92 Å². The number of rotatable bonds is 8. The van der Waals surface area contributed by atoms with Crippen molar-refractivity contribution < 1.29 is 14.3 Å². The summed E-state index contributed by atoms with van der Waals surface area (Å²) in [6.07, 6.45) is 3.43. The van der Waals surface area contributed by atoms with Crippen LogP contribution in [0.4, 0.5) is 5.13 Å². The first kappa shape index (κ1) is 21.3. The lowest BCUT2D eigenvalue weighted by Crippen LogP contribution is -2.36. The van der Waals surface area contributed by atoms with Gasteiger partial charge in [0.05, 0.1) is 12.2 Å². The number of thiazole rings is 1. The van der Waals surface area contributed by atoms with Gasteiger partial charge < -0.3 is 9.64 Å². The molecule has 1 aliphatic rings. The number of fused-ring (bicyclic) bond motifs is 1. The molecule has 2 heterocycles. The third kappa shape index (κ3) is 6.03. The van der Waals surface area contributed by atoms with Crippen LogP contribution < -0.4 is 10.1 Å². The van der Waals surface area contributed by atoms with Crippen LogP contribution in [0.2, 0.25) is 0 Å². The Kier molecular flexibility index (Phi) is 7.25. The van der Waals surface area contributed by atoms with E-state index in [2.05, 4.69) is 31.1 Å². The third-order valence-corrected chi connectivity index (χ3v) is 5.74. The monoisotopic (exact) mass is 415 g/mol. The number of carbonyl (C=O) groups excluding carboxylic acids is 2. The minimum Gasteiger partial charge on any atom is -0.484 e. The molecule has 6 nitrogen and oxygen atoms in total. The molecule has 1 N–H and O–H groups in total. The lowest BCUT2D eigenvalue weighted by Gasteiger charge is -2.26. The second-order valence-corrected chi connectivity index (χ2v) is 8.87. The first-order valence-corrected chi connectivity index (χ1v) is 11.0. The average Bonchev–Trinajstić information content (AvgIpc) is 3.08. The number of aromatic nitrogens is 1. The average molecular weight is 416 g/mol. The summed E-state index contributed by atoms with van der Waals surface area (Å²) in [5, 5.41) is 3.39. The van der Waals surface area contributed by atoms with E-state index in [0.29, 0.717) is 36.3 Å². The molecule has 0 radical (unpaired) electrons. The zero-order chi connectivity index (χ0) is 20.8. The number of carbonyl (C=O) groups is 2. The molecule has 0 unspecified atom stereocenters. The lowest BCUT2D eigenvalue weighted by molar-refractivity contribution is -0.132. The molecule has 1 aromatic heterocycles. The van der Waals surface area contributed by atoms with E-state index >= 15 is 0 Å². The lowest BCUT2D eigenvalue weighted by atomic mass is 10.1. The second kappa shape index (κ2) is 9.87. The molecule has 0 atom stereocenters. The van der Waals surface area contributed by atoms with Gasteiger partial charge in [-0.2, -0.15) is 0 Å². The maximum absolute atomic E-state index is 12.3. The fourth-order valence-electron chi connectivity index (χ4n) is 3.29. The molecule has 156 valence electrons. The highest BCUT2D eigenvalue weighted by atomic mass is 32.1. The van der Waals surface area contributed by atoms with Crippen LogP contribution in [0, 0.1) is 5.92 Å². The van der Waals surface area contributed by atoms with Gasteiger partial charge in [0.25, 0.3) is 5.91 Å². The molecular weight excluding hydrogens is 386 g/mol. The highest BCUT2D eigenvalue weighted by molar-refractivity contribution is 7.15. The van der Waals surface area contributed by atoms with Gasteiger partial charge in [-0.25, -0.2) is 4.98 Å². The van der Waals surface area contributed by atoms with Crippen molar-refractivity contribution in [3.8, 4) is 5.75 Å². The van der Waals surface area contributed by atoms with E-state index in [9.17, 15) is 9.59 Å². The zero-order valence-corrected chi connectivity index (χ0v) is 18.2. The summed E-state index contributed by atoms with van der Waals surface area (Å²) in [6, 6.07) is 7.84. The minimum absolute atomic E-state index is 0.0592. The molecule has 1 aromatic carbocycles. The zero-order valence-electron chi connectivity index (χ0n) is 17.4. The van der Waals surface area contributed by atoms with Gasteiger partial charge in [0.2, 0.25) is 5.91 Å². The van der Waals surface area contributed by atoms with E-state index in [0.717, 1.165) is 29.8 Å². The Morgan fingerprint density at radius 1 is 1.28 bits per heavy atom. The van der Waals surface area contributed by atoms with Crippen molar-refractivity contribution in [3.05, 3.63) is 40.4 Å². The Bertz CT molecular complexity index is 845. The Hall–Kier alpha value is -2.41. The summed E-state index contributed by atoms with van der Waals surface area (Å²) in [5.41, 5.74) is 2.24. The number of hydrogen-bond acceptors (Lipinski definition) is 5. The van der Waals surface area contributed by atoms with E-state index in [1.54, 1.807) is 0 Å². The number of aryl methyl sites for hydroxylation is 1. The van der Waals surface area contributed by atoms with E-state index in [-0.39, 0.29) is 18.4 Å². The smallest absolute Gasteiger partial charge is 0.264 e. The third-order valence-electron chi connectivity index (χ3n) is 4.75. The Morgan fingerprint density at radius 3 is 2.72 bits per heavy atom. The first-order chi connectivity index (χ1) is 13.9. The predicted octanol–water partition coefficient (Wildman–Crippen LogP) is 4.04. The molecule has 1 aliphatic heterocycles. The van der Waals surface area contributed by atoms with Crippen LogP contribution in [0.3, 0.4) is 0 Å². The van der Waals surface area contributed by atoms with Crippen molar-refractivity contribution in [1.29, 1.82) is 0 Å². The van der Waals surface area contributed by atoms with Gasteiger partial charge in [0.15, 0.2) is 11.7 Å². The molecule has 0 bridgehead atoms. The number of hydrogen-bond donors (Lipinski definition) is 1. The Balaban J connectivity index is 1.50. The molecule has 0 spiro atoms. The first-order valence-electron chi connectivity index (χ1n) is 10.2. The molecule has 29 heavy (non-hydrogen) atoms. The maximum atomic E-state index is 12.3. The summed E-state index contributed by atoms with van der Waals surface area (Å²) in [5.74, 6) is 0.977. The van der Waals surface area contributed by atoms with Crippen LogP contribution in [0.5, 0.6) is 5.75 Å². The van der Waals surface area contributed by atoms with Gasteiger partial charge >= 0.3 is 0 Å². The molecule has 0 saturated carbocycles. The molecule has 0 fully saturated rings. The Morgan fingerprint density at radius 2 is 2.03 bits per heavy atom. The number of amides is 2. The molecule has 7 heteroatoms. The fraction of sp³-hybridized carbons (Fsp3) is 0.500. The molecular formula is C22H29N3O3S. The largest absolute Gasteiger partial charge is 0.484 e. The highest BCUT2D eigenvalue weighted by Gasteiger charge is 2.24. The number of ether oxygens (including phenoxy) is 1. The topological polar surface area (TPSA) is 71.5 Å². The van der Waals surface area contributed by atoms with Gasteiger partial charge in [-0.05, 0) is 30.0 Å². The van der Waals surface area contributed by atoms with Gasteiger partial charge in [0.1, 0.15) is 5.75 Å². The molecule has 0 saturated heterocycles. The summed E-state index contributed by atoms with van der Waals surface area (Å²) >= 11 is 1.44. The van der Waals surface area contributed by atoms with E-state index in [4.69, 9.17) is 4.74 Å². The van der Waals surface area contributed by atoms with Crippen LogP contribution in [0.1, 0.15) is 49.7 Å². The van der Waals surface area contributed by atoms with Crippen LogP contribution in [-0.2, 0) is 29.0 Å². The highest BCUT2D eigenvalue weighted by Crippen LogP contribution is 2.29. The summed E-state index contributed by atoms with van der Waals surface area (Å²) in [4.78, 5) is 32.0. The normalized spacial score (nSPS) is 13.3. The van der Waals surface area contributed by atoms with Gasteiger partial charge in [-0.15, -0.1) is 0 Å². The van der Waals surface area contributed by atoms with Crippen molar-refractivity contribution in [1.82, 2.24) is 9.88 Å². The SMILES string of the molecule is CCCc1ccc(OCC(=O)Nc2nc3c(s2)CN(C(=O)CC(C)C)CC3)cc1. The number of nitrogens with one attached hydrogen (secondary N) is 1. The van der Waals surface area contributed by atoms with Crippen LogP contribution in [0.25, 0.3) is 0 Å². The van der Waals surface area contributed by atoms with Gasteiger partial charge in [0, 0.05) is 24.3 Å². The molecule has 2 amide bonds. The van der Waals surface area contributed by atoms with Crippen molar-refractivity contribution in [2.75, 3.05) is 18.5 Å². The van der Waals surface area contributed by atoms with Crippen LogP contribution in [0.15, 0.2) is 24.3 Å².